The van der Waals surface area contributed by atoms with Gasteiger partial charge in [0.2, 0.25) is 5.88 Å². The van der Waals surface area contributed by atoms with Gasteiger partial charge in [0.15, 0.2) is 0 Å². The first-order valence-electron chi connectivity index (χ1n) is 5.38. The van der Waals surface area contributed by atoms with Crippen molar-refractivity contribution < 1.29 is 14.6 Å². The highest BCUT2D eigenvalue weighted by atomic mass is 16.5. The molecule has 0 amide bonds. The van der Waals surface area contributed by atoms with Crippen molar-refractivity contribution in [3.05, 3.63) is 47.4 Å². The maximum Gasteiger partial charge on any atom is 0.335 e. The number of benzene rings is 1. The Morgan fingerprint density at radius 1 is 1.28 bits per heavy atom. The molecular weight excluding hydrogens is 232 g/mol. The molecule has 1 heterocycles. The maximum atomic E-state index is 10.9. The van der Waals surface area contributed by atoms with Crippen molar-refractivity contribution >= 4 is 5.97 Å². The van der Waals surface area contributed by atoms with E-state index >= 15 is 0 Å². The average molecular weight is 244 g/mol. The van der Waals surface area contributed by atoms with Gasteiger partial charge in [0.05, 0.1) is 5.56 Å². The third kappa shape index (κ3) is 2.63. The molecule has 92 valence electrons. The third-order valence-electron chi connectivity index (χ3n) is 2.40. The molecule has 0 aliphatic carbocycles. The van der Waals surface area contributed by atoms with Crippen LogP contribution in [0.1, 0.15) is 21.7 Å². The molecule has 5 nitrogen and oxygen atoms in total. The SMILES string of the molecule is Cc1nccc(Oc2cc(C(=O)O)ccc2C)n1. The smallest absolute Gasteiger partial charge is 0.335 e. The van der Waals surface area contributed by atoms with E-state index in [9.17, 15) is 4.79 Å². The zero-order valence-electron chi connectivity index (χ0n) is 10.0. The van der Waals surface area contributed by atoms with E-state index in [4.69, 9.17) is 9.84 Å². The van der Waals surface area contributed by atoms with Crippen LogP contribution in [0.25, 0.3) is 0 Å². The maximum absolute atomic E-state index is 10.9. The van der Waals surface area contributed by atoms with E-state index < -0.39 is 5.97 Å². The summed E-state index contributed by atoms with van der Waals surface area (Å²) < 4.78 is 5.57. The topological polar surface area (TPSA) is 72.3 Å². The summed E-state index contributed by atoms with van der Waals surface area (Å²) in [4.78, 5) is 19.0. The molecule has 0 atom stereocenters. The van der Waals surface area contributed by atoms with Crippen LogP contribution in [-0.2, 0) is 0 Å². The second-order valence-corrected chi connectivity index (χ2v) is 3.83. The fraction of sp³-hybridized carbons (Fsp3) is 0.154. The molecule has 0 fully saturated rings. The van der Waals surface area contributed by atoms with Crippen molar-refractivity contribution in [2.45, 2.75) is 13.8 Å². The Labute approximate surface area is 104 Å². The van der Waals surface area contributed by atoms with Crippen LogP contribution in [-0.4, -0.2) is 21.0 Å². The molecule has 1 aromatic heterocycles. The first-order valence-corrected chi connectivity index (χ1v) is 5.38. The fourth-order valence-electron chi connectivity index (χ4n) is 1.45. The van der Waals surface area contributed by atoms with E-state index in [0.29, 0.717) is 17.5 Å². The van der Waals surface area contributed by atoms with Gasteiger partial charge in [-0.15, -0.1) is 0 Å². The molecule has 18 heavy (non-hydrogen) atoms. The third-order valence-corrected chi connectivity index (χ3v) is 2.40. The van der Waals surface area contributed by atoms with Crippen LogP contribution in [0.5, 0.6) is 11.6 Å². The lowest BCUT2D eigenvalue weighted by Gasteiger charge is -2.08. The van der Waals surface area contributed by atoms with E-state index in [1.165, 1.54) is 12.1 Å². The Hall–Kier alpha value is -2.43. The van der Waals surface area contributed by atoms with Crippen LogP contribution < -0.4 is 4.74 Å². The monoisotopic (exact) mass is 244 g/mol. The van der Waals surface area contributed by atoms with Gasteiger partial charge in [-0.1, -0.05) is 6.07 Å². The standard InChI is InChI=1S/C13H12N2O3/c1-8-3-4-10(13(16)17)7-11(8)18-12-5-6-14-9(2)15-12/h3-7H,1-2H3,(H,16,17). The second kappa shape index (κ2) is 4.83. The summed E-state index contributed by atoms with van der Waals surface area (Å²) in [7, 11) is 0. The minimum atomic E-state index is -0.987. The van der Waals surface area contributed by atoms with Gasteiger partial charge >= 0.3 is 5.97 Å². The van der Waals surface area contributed by atoms with Gasteiger partial charge in [-0.05, 0) is 31.5 Å². The van der Waals surface area contributed by atoms with Gasteiger partial charge in [-0.3, -0.25) is 0 Å². The van der Waals surface area contributed by atoms with Crippen LogP contribution >= 0.6 is 0 Å². The lowest BCUT2D eigenvalue weighted by atomic mass is 10.1. The van der Waals surface area contributed by atoms with Crippen molar-refractivity contribution in [1.82, 2.24) is 9.97 Å². The van der Waals surface area contributed by atoms with Crippen molar-refractivity contribution in [2.75, 3.05) is 0 Å². The summed E-state index contributed by atoms with van der Waals surface area (Å²) in [5.41, 5.74) is 1.03. The number of aryl methyl sites for hydroxylation is 2. The predicted molar refractivity (Wildman–Crippen MR) is 65.0 cm³/mol. The van der Waals surface area contributed by atoms with Crippen LogP contribution in [0, 0.1) is 13.8 Å². The van der Waals surface area contributed by atoms with Crippen molar-refractivity contribution in [3.8, 4) is 11.6 Å². The molecule has 0 radical (unpaired) electrons. The number of aromatic carboxylic acids is 1. The summed E-state index contributed by atoms with van der Waals surface area (Å²) in [5.74, 6) is 0.486. The van der Waals surface area contributed by atoms with Gasteiger partial charge in [-0.25, -0.2) is 9.78 Å². The predicted octanol–water partition coefficient (Wildman–Crippen LogP) is 2.58. The van der Waals surface area contributed by atoms with Gasteiger partial charge < -0.3 is 9.84 Å². The van der Waals surface area contributed by atoms with E-state index in [0.717, 1.165) is 5.56 Å². The summed E-state index contributed by atoms with van der Waals surface area (Å²) in [6, 6.07) is 6.34. The molecule has 1 N–H and O–H groups in total. The summed E-state index contributed by atoms with van der Waals surface area (Å²) >= 11 is 0. The number of rotatable bonds is 3. The van der Waals surface area contributed by atoms with E-state index in [2.05, 4.69) is 9.97 Å². The quantitative estimate of drug-likeness (QED) is 0.898. The Morgan fingerprint density at radius 2 is 2.06 bits per heavy atom. The Bertz CT molecular complexity index is 597. The minimum Gasteiger partial charge on any atom is -0.478 e. The summed E-state index contributed by atoms with van der Waals surface area (Å²) in [6.07, 6.45) is 1.59. The molecule has 0 saturated heterocycles. The number of hydrogen-bond acceptors (Lipinski definition) is 4. The molecule has 0 unspecified atom stereocenters. The normalized spacial score (nSPS) is 10.1. The summed E-state index contributed by atoms with van der Waals surface area (Å²) in [5, 5.41) is 8.93. The van der Waals surface area contributed by atoms with E-state index in [1.807, 2.05) is 6.92 Å². The largest absolute Gasteiger partial charge is 0.478 e. The van der Waals surface area contributed by atoms with Gasteiger partial charge in [0.1, 0.15) is 11.6 Å². The average Bonchev–Trinajstić information content (AvgIpc) is 2.31. The first-order chi connectivity index (χ1) is 8.56. The van der Waals surface area contributed by atoms with E-state index in [-0.39, 0.29) is 5.56 Å². The molecule has 2 rings (SSSR count). The number of carboxylic acid groups (broad SMARTS) is 1. The number of ether oxygens (including phenoxy) is 1. The zero-order chi connectivity index (χ0) is 13.1. The Kier molecular flexibility index (Phi) is 3.23. The van der Waals surface area contributed by atoms with Gasteiger partial charge in [-0.2, -0.15) is 4.98 Å². The van der Waals surface area contributed by atoms with Gasteiger partial charge in [0.25, 0.3) is 0 Å². The zero-order valence-corrected chi connectivity index (χ0v) is 10.0. The second-order valence-electron chi connectivity index (χ2n) is 3.83. The highest BCUT2D eigenvalue weighted by Gasteiger charge is 2.08. The highest BCUT2D eigenvalue weighted by Crippen LogP contribution is 2.24. The molecule has 0 aliphatic heterocycles. The lowest BCUT2D eigenvalue weighted by molar-refractivity contribution is 0.0696. The fourth-order valence-corrected chi connectivity index (χ4v) is 1.45. The molecule has 0 spiro atoms. The summed E-state index contributed by atoms with van der Waals surface area (Å²) in [6.45, 7) is 3.60. The molecule has 0 aliphatic rings. The lowest BCUT2D eigenvalue weighted by Crippen LogP contribution is -1.98. The number of carbonyl (C=O) groups is 1. The Balaban J connectivity index is 2.33. The number of hydrogen-bond donors (Lipinski definition) is 1. The number of carboxylic acids is 1. The number of aromatic nitrogens is 2. The molecule has 1 aromatic carbocycles. The van der Waals surface area contributed by atoms with Crippen LogP contribution in [0.3, 0.4) is 0 Å². The highest BCUT2D eigenvalue weighted by molar-refractivity contribution is 5.88. The Morgan fingerprint density at radius 3 is 2.72 bits per heavy atom. The molecule has 0 saturated carbocycles. The van der Waals surface area contributed by atoms with Crippen LogP contribution in [0.2, 0.25) is 0 Å². The number of nitrogens with zero attached hydrogens (tertiary/aromatic N) is 2. The van der Waals surface area contributed by atoms with Crippen molar-refractivity contribution in [3.63, 3.8) is 0 Å². The molecule has 0 bridgehead atoms. The van der Waals surface area contributed by atoms with Crippen molar-refractivity contribution in [1.29, 1.82) is 0 Å². The van der Waals surface area contributed by atoms with Crippen molar-refractivity contribution in [2.24, 2.45) is 0 Å². The molecule has 2 aromatic rings. The minimum absolute atomic E-state index is 0.182. The molecule has 5 heteroatoms. The first kappa shape index (κ1) is 12.0. The molecular formula is C13H12N2O3. The van der Waals surface area contributed by atoms with E-state index in [1.54, 1.807) is 25.3 Å². The van der Waals surface area contributed by atoms with Gasteiger partial charge in [0, 0.05) is 12.3 Å². The van der Waals surface area contributed by atoms with Crippen LogP contribution in [0.15, 0.2) is 30.5 Å². The van der Waals surface area contributed by atoms with Crippen LogP contribution in [0.4, 0.5) is 0 Å².